The van der Waals surface area contributed by atoms with E-state index < -0.39 is 31.3 Å². The molecule has 0 bridgehead atoms. The Morgan fingerprint density at radius 2 is 2.00 bits per heavy atom. The molecule has 0 aliphatic rings. The van der Waals surface area contributed by atoms with Crippen LogP contribution in [-0.2, 0) is 4.79 Å². The number of rotatable bonds is 6. The van der Waals surface area contributed by atoms with Crippen molar-refractivity contribution in [2.45, 2.75) is 25.6 Å². The van der Waals surface area contributed by atoms with Gasteiger partial charge in [0.2, 0.25) is 0 Å². The predicted molar refractivity (Wildman–Crippen MR) is 46.4 cm³/mol. The Hall–Kier alpha value is -0.820. The van der Waals surface area contributed by atoms with Crippen molar-refractivity contribution in [3.8, 4) is 0 Å². The van der Waals surface area contributed by atoms with Crippen molar-refractivity contribution in [2.75, 3.05) is 19.6 Å². The highest BCUT2D eigenvalue weighted by Crippen LogP contribution is 2.16. The number of nitrogens with zero attached hydrogens (tertiary/aromatic N) is 1. The van der Waals surface area contributed by atoms with Gasteiger partial charge in [-0.25, -0.2) is 0 Å². The normalized spacial score (nSPS) is 14.3. The molecule has 0 saturated carbocycles. The zero-order valence-corrected chi connectivity index (χ0v) is 8.29. The maximum absolute atomic E-state index is 12.0. The molecule has 0 aromatic heterocycles. The summed E-state index contributed by atoms with van der Waals surface area (Å²) in [5, 5.41) is 17.5. The first-order valence-electron chi connectivity index (χ1n) is 4.43. The number of halogens is 3. The summed E-state index contributed by atoms with van der Waals surface area (Å²) in [6.45, 7) is -0.730. The standard InChI is InChI=1S/C8H14F3NO3/c1-2-6(13)3-12(4-7(14)15)5-8(9,10)11/h6,13H,2-5H2,1H3,(H,14,15). The van der Waals surface area contributed by atoms with E-state index in [1.54, 1.807) is 6.92 Å². The maximum atomic E-state index is 12.0. The van der Waals surface area contributed by atoms with Crippen LogP contribution in [0.15, 0.2) is 0 Å². The topological polar surface area (TPSA) is 60.8 Å². The summed E-state index contributed by atoms with van der Waals surface area (Å²) in [5.74, 6) is -1.34. The zero-order valence-electron chi connectivity index (χ0n) is 8.29. The van der Waals surface area contributed by atoms with Gasteiger partial charge in [-0.05, 0) is 6.42 Å². The highest BCUT2D eigenvalue weighted by atomic mass is 19.4. The number of hydrogen-bond acceptors (Lipinski definition) is 3. The van der Waals surface area contributed by atoms with Crippen LogP contribution in [0.25, 0.3) is 0 Å². The van der Waals surface area contributed by atoms with E-state index in [1.807, 2.05) is 0 Å². The Balaban J connectivity index is 4.24. The molecule has 0 aromatic carbocycles. The minimum atomic E-state index is -4.46. The summed E-state index contributed by atoms with van der Waals surface area (Å²) in [7, 11) is 0. The number of aliphatic hydroxyl groups is 1. The number of carboxylic acid groups (broad SMARTS) is 1. The second-order valence-electron chi connectivity index (χ2n) is 3.24. The van der Waals surface area contributed by atoms with Gasteiger partial charge in [0.15, 0.2) is 0 Å². The molecular formula is C8H14F3NO3. The second kappa shape index (κ2) is 5.92. The molecule has 0 heterocycles. The van der Waals surface area contributed by atoms with E-state index in [0.717, 1.165) is 0 Å². The molecule has 0 radical (unpaired) electrons. The first-order chi connectivity index (χ1) is 6.74. The smallest absolute Gasteiger partial charge is 0.401 e. The van der Waals surface area contributed by atoms with E-state index in [0.29, 0.717) is 4.90 Å². The molecule has 15 heavy (non-hydrogen) atoms. The molecule has 0 aromatic rings. The summed E-state index contributed by atoms with van der Waals surface area (Å²) < 4.78 is 36.0. The lowest BCUT2D eigenvalue weighted by molar-refractivity contribution is -0.155. The van der Waals surface area contributed by atoms with Crippen molar-refractivity contribution in [2.24, 2.45) is 0 Å². The highest BCUT2D eigenvalue weighted by Gasteiger charge is 2.32. The second-order valence-corrected chi connectivity index (χ2v) is 3.24. The predicted octanol–water partition coefficient (Wildman–Crippen LogP) is 0.706. The molecule has 1 unspecified atom stereocenters. The van der Waals surface area contributed by atoms with E-state index in [4.69, 9.17) is 10.2 Å². The first kappa shape index (κ1) is 14.2. The van der Waals surface area contributed by atoms with Crippen LogP contribution in [0, 0.1) is 0 Å². The fraction of sp³-hybridized carbons (Fsp3) is 0.875. The molecular weight excluding hydrogens is 215 g/mol. The molecule has 7 heteroatoms. The van der Waals surface area contributed by atoms with Crippen molar-refractivity contribution in [3.63, 3.8) is 0 Å². The summed E-state index contributed by atoms with van der Waals surface area (Å²) in [6, 6.07) is 0. The third-order valence-corrected chi connectivity index (χ3v) is 1.70. The number of alkyl halides is 3. The lowest BCUT2D eigenvalue weighted by Gasteiger charge is -2.23. The summed E-state index contributed by atoms with van der Waals surface area (Å²) in [6.07, 6.45) is -5.11. The molecule has 2 N–H and O–H groups in total. The van der Waals surface area contributed by atoms with Crippen LogP contribution in [0.1, 0.15) is 13.3 Å². The molecule has 0 amide bonds. The number of carboxylic acids is 1. The fourth-order valence-corrected chi connectivity index (χ4v) is 1.06. The van der Waals surface area contributed by atoms with Crippen LogP contribution in [0.4, 0.5) is 13.2 Å². The Kier molecular flexibility index (Phi) is 5.59. The van der Waals surface area contributed by atoms with E-state index in [9.17, 15) is 18.0 Å². The Morgan fingerprint density at radius 3 is 2.33 bits per heavy atom. The van der Waals surface area contributed by atoms with Gasteiger partial charge in [-0.1, -0.05) is 6.92 Å². The van der Waals surface area contributed by atoms with Crippen molar-refractivity contribution in [3.05, 3.63) is 0 Å². The highest BCUT2D eigenvalue weighted by molar-refractivity contribution is 5.69. The minimum absolute atomic E-state index is 0.286. The fourth-order valence-electron chi connectivity index (χ4n) is 1.06. The maximum Gasteiger partial charge on any atom is 0.401 e. The van der Waals surface area contributed by atoms with Crippen molar-refractivity contribution in [1.82, 2.24) is 4.90 Å². The van der Waals surface area contributed by atoms with E-state index >= 15 is 0 Å². The largest absolute Gasteiger partial charge is 0.480 e. The van der Waals surface area contributed by atoms with Gasteiger partial charge < -0.3 is 10.2 Å². The van der Waals surface area contributed by atoms with Crippen LogP contribution < -0.4 is 0 Å². The molecule has 0 fully saturated rings. The summed E-state index contributed by atoms with van der Waals surface area (Å²) >= 11 is 0. The third kappa shape index (κ3) is 8.19. The Bertz CT molecular complexity index is 208. The van der Waals surface area contributed by atoms with Crippen LogP contribution in [0.5, 0.6) is 0 Å². The van der Waals surface area contributed by atoms with E-state index in [2.05, 4.69) is 0 Å². The molecule has 4 nitrogen and oxygen atoms in total. The first-order valence-corrected chi connectivity index (χ1v) is 4.43. The van der Waals surface area contributed by atoms with Gasteiger partial charge in [0.1, 0.15) is 0 Å². The SMILES string of the molecule is CCC(O)CN(CC(=O)O)CC(F)(F)F. The molecule has 0 aliphatic heterocycles. The van der Waals surface area contributed by atoms with Crippen LogP contribution in [0.2, 0.25) is 0 Å². The quantitative estimate of drug-likeness (QED) is 0.704. The number of hydrogen-bond donors (Lipinski definition) is 2. The van der Waals surface area contributed by atoms with Gasteiger partial charge in [-0.2, -0.15) is 13.2 Å². The van der Waals surface area contributed by atoms with E-state index in [1.165, 1.54) is 0 Å². The molecule has 0 aliphatic carbocycles. The lowest BCUT2D eigenvalue weighted by atomic mass is 10.2. The number of aliphatic carboxylic acids is 1. The van der Waals surface area contributed by atoms with E-state index in [-0.39, 0.29) is 13.0 Å². The van der Waals surface area contributed by atoms with Gasteiger partial charge in [0, 0.05) is 6.54 Å². The van der Waals surface area contributed by atoms with Gasteiger partial charge in [-0.3, -0.25) is 9.69 Å². The zero-order chi connectivity index (χ0) is 12.1. The Morgan fingerprint density at radius 1 is 1.47 bits per heavy atom. The van der Waals surface area contributed by atoms with Crippen LogP contribution in [0.3, 0.4) is 0 Å². The molecule has 90 valence electrons. The summed E-state index contributed by atoms with van der Waals surface area (Å²) in [5.41, 5.74) is 0. The number of aliphatic hydroxyl groups excluding tert-OH is 1. The average Bonchev–Trinajstić information content (AvgIpc) is 1.99. The molecule has 0 saturated heterocycles. The monoisotopic (exact) mass is 229 g/mol. The van der Waals surface area contributed by atoms with Crippen molar-refractivity contribution in [1.29, 1.82) is 0 Å². The molecule has 0 rings (SSSR count). The summed E-state index contributed by atoms with van der Waals surface area (Å²) in [4.78, 5) is 10.9. The van der Waals surface area contributed by atoms with Crippen LogP contribution in [-0.4, -0.2) is 53.0 Å². The Labute approximate surface area is 85.3 Å². The van der Waals surface area contributed by atoms with Gasteiger partial charge in [0.25, 0.3) is 0 Å². The van der Waals surface area contributed by atoms with Crippen molar-refractivity contribution >= 4 is 5.97 Å². The van der Waals surface area contributed by atoms with Gasteiger partial charge in [-0.15, -0.1) is 0 Å². The molecule has 1 atom stereocenters. The van der Waals surface area contributed by atoms with Gasteiger partial charge >= 0.3 is 12.1 Å². The molecule has 0 spiro atoms. The average molecular weight is 229 g/mol. The van der Waals surface area contributed by atoms with Crippen molar-refractivity contribution < 1.29 is 28.2 Å². The number of carbonyl (C=O) groups is 1. The van der Waals surface area contributed by atoms with Gasteiger partial charge in [0.05, 0.1) is 19.2 Å². The van der Waals surface area contributed by atoms with Crippen LogP contribution >= 0.6 is 0 Å². The lowest BCUT2D eigenvalue weighted by Crippen LogP contribution is -2.42. The third-order valence-electron chi connectivity index (χ3n) is 1.70. The minimum Gasteiger partial charge on any atom is -0.480 e.